The van der Waals surface area contributed by atoms with Gasteiger partial charge in [-0.05, 0) is 44.0 Å². The van der Waals surface area contributed by atoms with Crippen LogP contribution >= 0.6 is 0 Å². The van der Waals surface area contributed by atoms with Gasteiger partial charge in [0.2, 0.25) is 5.91 Å². The van der Waals surface area contributed by atoms with E-state index in [1.165, 1.54) is 0 Å². The highest BCUT2D eigenvalue weighted by Gasteiger charge is 2.40. The second-order valence-electron chi connectivity index (χ2n) is 5.43. The summed E-state index contributed by atoms with van der Waals surface area (Å²) in [6.07, 6.45) is 6.46. The molecule has 4 heteroatoms. The van der Waals surface area contributed by atoms with E-state index in [0.29, 0.717) is 0 Å². The van der Waals surface area contributed by atoms with Crippen LogP contribution in [0.1, 0.15) is 44.7 Å². The second-order valence-corrected chi connectivity index (χ2v) is 5.43. The average Bonchev–Trinajstić information content (AvgIpc) is 2.90. The maximum absolute atomic E-state index is 12.6. The molecule has 2 atom stereocenters. The smallest absolute Gasteiger partial charge is 0.228 e. The molecule has 1 amide bonds. The molecule has 1 aliphatic rings. The van der Waals surface area contributed by atoms with Crippen molar-refractivity contribution >= 4 is 5.91 Å². The first-order valence-electron chi connectivity index (χ1n) is 7.09. The first kappa shape index (κ1) is 14.0. The van der Waals surface area contributed by atoms with Gasteiger partial charge < -0.3 is 10.6 Å². The Balaban J connectivity index is 2.03. The minimum absolute atomic E-state index is 0.0323. The summed E-state index contributed by atoms with van der Waals surface area (Å²) in [5, 5.41) is 6.48. The van der Waals surface area contributed by atoms with Crippen molar-refractivity contribution in [1.82, 2.24) is 15.6 Å². The fourth-order valence-electron chi connectivity index (χ4n) is 2.83. The van der Waals surface area contributed by atoms with Gasteiger partial charge in [-0.2, -0.15) is 0 Å². The van der Waals surface area contributed by atoms with Crippen LogP contribution in [0.25, 0.3) is 0 Å². The molecule has 0 bridgehead atoms. The third-order valence-corrected chi connectivity index (χ3v) is 4.01. The number of rotatable bonds is 5. The van der Waals surface area contributed by atoms with Gasteiger partial charge in [0.05, 0.1) is 11.5 Å². The van der Waals surface area contributed by atoms with Gasteiger partial charge in [0.15, 0.2) is 0 Å². The van der Waals surface area contributed by atoms with Crippen LogP contribution in [-0.4, -0.2) is 24.0 Å². The molecular weight excluding hydrogens is 238 g/mol. The number of amides is 1. The van der Waals surface area contributed by atoms with Crippen molar-refractivity contribution in [2.45, 2.75) is 39.2 Å². The molecule has 104 valence electrons. The van der Waals surface area contributed by atoms with Gasteiger partial charge in [0.25, 0.3) is 0 Å². The number of hydrogen-bond donors (Lipinski definition) is 2. The molecule has 0 saturated carbocycles. The van der Waals surface area contributed by atoms with Gasteiger partial charge in [0.1, 0.15) is 0 Å². The molecule has 2 N–H and O–H groups in total. The maximum atomic E-state index is 12.6. The lowest BCUT2D eigenvalue weighted by Crippen LogP contribution is -2.43. The van der Waals surface area contributed by atoms with Crippen LogP contribution in [0.4, 0.5) is 0 Å². The monoisotopic (exact) mass is 261 g/mol. The van der Waals surface area contributed by atoms with Crippen LogP contribution in [0.15, 0.2) is 24.5 Å². The molecule has 1 aromatic heterocycles. The van der Waals surface area contributed by atoms with E-state index < -0.39 is 0 Å². The Morgan fingerprint density at radius 1 is 1.53 bits per heavy atom. The van der Waals surface area contributed by atoms with Crippen molar-refractivity contribution in [3.05, 3.63) is 30.1 Å². The van der Waals surface area contributed by atoms with Crippen molar-refractivity contribution in [3.63, 3.8) is 0 Å². The highest BCUT2D eigenvalue weighted by atomic mass is 16.2. The summed E-state index contributed by atoms with van der Waals surface area (Å²) in [5.41, 5.74) is 0.886. The lowest BCUT2D eigenvalue weighted by molar-refractivity contribution is -0.131. The summed E-state index contributed by atoms with van der Waals surface area (Å²) in [5.74, 6) is 0.184. The van der Waals surface area contributed by atoms with Gasteiger partial charge in [-0.25, -0.2) is 0 Å². The Morgan fingerprint density at radius 3 is 2.84 bits per heavy atom. The van der Waals surface area contributed by atoms with Crippen LogP contribution in [0.5, 0.6) is 0 Å². The second kappa shape index (κ2) is 6.15. The summed E-state index contributed by atoms with van der Waals surface area (Å²) in [6.45, 7) is 5.90. The van der Waals surface area contributed by atoms with Crippen LogP contribution in [-0.2, 0) is 4.79 Å². The van der Waals surface area contributed by atoms with Crippen molar-refractivity contribution < 1.29 is 4.79 Å². The summed E-state index contributed by atoms with van der Waals surface area (Å²) < 4.78 is 0. The summed E-state index contributed by atoms with van der Waals surface area (Å²) in [4.78, 5) is 16.6. The topological polar surface area (TPSA) is 54.0 Å². The predicted molar refractivity (Wildman–Crippen MR) is 75.6 cm³/mol. The number of nitrogens with one attached hydrogen (secondary N) is 2. The SMILES string of the molecule is CCCC1(C(=O)N[C@H](C)c2ccncc2)CCNC1. The first-order valence-corrected chi connectivity index (χ1v) is 7.09. The molecule has 2 heterocycles. The first-order chi connectivity index (χ1) is 9.18. The minimum Gasteiger partial charge on any atom is -0.349 e. The van der Waals surface area contributed by atoms with E-state index in [4.69, 9.17) is 0 Å². The molecule has 4 nitrogen and oxygen atoms in total. The molecular formula is C15H23N3O. The van der Waals surface area contributed by atoms with Crippen LogP contribution in [0, 0.1) is 5.41 Å². The summed E-state index contributed by atoms with van der Waals surface area (Å²) in [6, 6.07) is 3.93. The highest BCUT2D eigenvalue weighted by molar-refractivity contribution is 5.83. The van der Waals surface area contributed by atoms with E-state index in [1.807, 2.05) is 19.1 Å². The molecule has 2 rings (SSSR count). The Labute approximate surface area is 115 Å². The number of carbonyl (C=O) groups excluding carboxylic acids is 1. The van der Waals surface area contributed by atoms with Crippen molar-refractivity contribution in [3.8, 4) is 0 Å². The number of pyridine rings is 1. The van der Waals surface area contributed by atoms with E-state index in [-0.39, 0.29) is 17.4 Å². The van der Waals surface area contributed by atoms with Crippen LogP contribution in [0.2, 0.25) is 0 Å². The molecule has 1 aliphatic heterocycles. The molecule has 0 aromatic carbocycles. The van der Waals surface area contributed by atoms with Crippen LogP contribution < -0.4 is 10.6 Å². The van der Waals surface area contributed by atoms with Crippen molar-refractivity contribution in [2.75, 3.05) is 13.1 Å². The Bertz CT molecular complexity index is 413. The van der Waals surface area contributed by atoms with E-state index in [0.717, 1.165) is 37.9 Å². The van der Waals surface area contributed by atoms with Gasteiger partial charge in [-0.15, -0.1) is 0 Å². The molecule has 19 heavy (non-hydrogen) atoms. The predicted octanol–water partition coefficient (Wildman–Crippen LogP) is 2.04. The molecule has 0 spiro atoms. The lowest BCUT2D eigenvalue weighted by Gasteiger charge is -2.28. The zero-order valence-corrected chi connectivity index (χ0v) is 11.8. The zero-order chi connectivity index (χ0) is 13.7. The number of carbonyl (C=O) groups is 1. The van der Waals surface area contributed by atoms with E-state index >= 15 is 0 Å². The summed E-state index contributed by atoms with van der Waals surface area (Å²) >= 11 is 0. The standard InChI is InChI=1S/C15H23N3O/c1-3-6-15(7-10-17-11-15)14(19)18-12(2)13-4-8-16-9-5-13/h4-5,8-9,12,17H,3,6-7,10-11H2,1-2H3,(H,18,19)/t12-,15?/m1/s1. The van der Waals surface area contributed by atoms with Gasteiger partial charge in [-0.3, -0.25) is 9.78 Å². The maximum Gasteiger partial charge on any atom is 0.228 e. The largest absolute Gasteiger partial charge is 0.349 e. The number of hydrogen-bond acceptors (Lipinski definition) is 3. The van der Waals surface area contributed by atoms with Gasteiger partial charge >= 0.3 is 0 Å². The fourth-order valence-corrected chi connectivity index (χ4v) is 2.83. The number of nitrogens with zero attached hydrogens (tertiary/aromatic N) is 1. The average molecular weight is 261 g/mol. The third-order valence-electron chi connectivity index (χ3n) is 4.01. The van der Waals surface area contributed by atoms with E-state index in [2.05, 4.69) is 22.5 Å². The summed E-state index contributed by atoms with van der Waals surface area (Å²) in [7, 11) is 0. The molecule has 1 aromatic rings. The normalized spacial score (nSPS) is 24.1. The third kappa shape index (κ3) is 3.13. The lowest BCUT2D eigenvalue weighted by atomic mass is 9.81. The molecule has 1 saturated heterocycles. The minimum atomic E-state index is -0.212. The van der Waals surface area contributed by atoms with Gasteiger partial charge in [-0.1, -0.05) is 13.3 Å². The molecule has 1 unspecified atom stereocenters. The Morgan fingerprint density at radius 2 is 2.26 bits per heavy atom. The van der Waals surface area contributed by atoms with E-state index in [9.17, 15) is 4.79 Å². The highest BCUT2D eigenvalue weighted by Crippen LogP contribution is 2.32. The zero-order valence-electron chi connectivity index (χ0n) is 11.8. The van der Waals surface area contributed by atoms with Crippen molar-refractivity contribution in [2.24, 2.45) is 5.41 Å². The Kier molecular flexibility index (Phi) is 4.53. The number of aromatic nitrogens is 1. The quantitative estimate of drug-likeness (QED) is 0.853. The van der Waals surface area contributed by atoms with Crippen LogP contribution in [0.3, 0.4) is 0 Å². The molecule has 0 aliphatic carbocycles. The van der Waals surface area contributed by atoms with Gasteiger partial charge in [0, 0.05) is 18.9 Å². The Hall–Kier alpha value is -1.42. The molecule has 0 radical (unpaired) electrons. The van der Waals surface area contributed by atoms with Crippen molar-refractivity contribution in [1.29, 1.82) is 0 Å². The van der Waals surface area contributed by atoms with E-state index in [1.54, 1.807) is 12.4 Å². The fraction of sp³-hybridized carbons (Fsp3) is 0.600. The molecule has 1 fully saturated rings.